The second-order valence-corrected chi connectivity index (χ2v) is 7.07. The number of benzene rings is 1. The summed E-state index contributed by atoms with van der Waals surface area (Å²) in [6.45, 7) is 7.22. The molecule has 7 heteroatoms. The lowest BCUT2D eigenvalue weighted by Gasteiger charge is -2.34. The van der Waals surface area contributed by atoms with E-state index < -0.39 is 0 Å². The van der Waals surface area contributed by atoms with Crippen LogP contribution in [0, 0.1) is 0 Å². The molecule has 2 amide bonds. The maximum atomic E-state index is 12.4. The Balaban J connectivity index is 1.32. The Kier molecular flexibility index (Phi) is 7.69. The van der Waals surface area contributed by atoms with Crippen molar-refractivity contribution in [2.75, 3.05) is 39.3 Å². The first-order chi connectivity index (χ1) is 14.2. The van der Waals surface area contributed by atoms with E-state index in [1.807, 2.05) is 24.0 Å². The van der Waals surface area contributed by atoms with Crippen LogP contribution in [0.3, 0.4) is 0 Å². The van der Waals surface area contributed by atoms with Crippen LogP contribution >= 0.6 is 0 Å². The van der Waals surface area contributed by atoms with Gasteiger partial charge in [-0.3, -0.25) is 14.5 Å². The highest BCUT2D eigenvalue weighted by molar-refractivity contribution is 5.91. The molecule has 0 aliphatic carbocycles. The largest absolute Gasteiger partial charge is 0.494 e. The summed E-state index contributed by atoms with van der Waals surface area (Å²) in [7, 11) is 0. The molecule has 1 aliphatic rings. The molecule has 0 radical (unpaired) electrons. The van der Waals surface area contributed by atoms with Gasteiger partial charge in [0.25, 0.3) is 5.91 Å². The Hall–Kier alpha value is -2.80. The number of amides is 2. The zero-order valence-electron chi connectivity index (χ0n) is 16.9. The zero-order valence-corrected chi connectivity index (χ0v) is 16.9. The molecule has 7 nitrogen and oxygen atoms in total. The van der Waals surface area contributed by atoms with Gasteiger partial charge in [-0.25, -0.2) is 0 Å². The van der Waals surface area contributed by atoms with Crippen molar-refractivity contribution in [3.63, 3.8) is 0 Å². The number of carbonyl (C=O) groups excluding carboxylic acids is 2. The van der Waals surface area contributed by atoms with E-state index in [4.69, 9.17) is 9.15 Å². The van der Waals surface area contributed by atoms with Gasteiger partial charge < -0.3 is 19.4 Å². The van der Waals surface area contributed by atoms with E-state index in [0.717, 1.165) is 38.5 Å². The smallest absolute Gasteiger partial charge is 0.286 e. The van der Waals surface area contributed by atoms with E-state index >= 15 is 0 Å². The van der Waals surface area contributed by atoms with E-state index in [1.54, 1.807) is 12.1 Å². The Morgan fingerprint density at radius 1 is 1.10 bits per heavy atom. The fourth-order valence-corrected chi connectivity index (χ4v) is 3.37. The fourth-order valence-electron chi connectivity index (χ4n) is 3.37. The third kappa shape index (κ3) is 6.35. The number of rotatable bonds is 9. The molecule has 0 atom stereocenters. The van der Waals surface area contributed by atoms with Crippen LogP contribution in [0.2, 0.25) is 0 Å². The summed E-state index contributed by atoms with van der Waals surface area (Å²) in [4.78, 5) is 28.5. The van der Waals surface area contributed by atoms with Gasteiger partial charge >= 0.3 is 0 Å². The molecule has 1 aromatic carbocycles. The Morgan fingerprint density at radius 3 is 2.52 bits per heavy atom. The molecule has 3 rings (SSSR count). The molecule has 0 unspecified atom stereocenters. The van der Waals surface area contributed by atoms with E-state index in [-0.39, 0.29) is 11.8 Å². The Labute approximate surface area is 171 Å². The predicted molar refractivity (Wildman–Crippen MR) is 110 cm³/mol. The molecular weight excluding hydrogens is 370 g/mol. The summed E-state index contributed by atoms with van der Waals surface area (Å²) < 4.78 is 10.5. The van der Waals surface area contributed by atoms with Gasteiger partial charge in [0.05, 0.1) is 12.9 Å². The molecule has 2 heterocycles. The molecule has 1 saturated heterocycles. The SMILES string of the molecule is CCOc1ccc(CN2CCN(C(=O)CCCNC(=O)c3ccco3)CC2)cc1. The second-order valence-electron chi connectivity index (χ2n) is 7.07. The number of hydrogen-bond acceptors (Lipinski definition) is 5. The minimum absolute atomic E-state index is 0.151. The molecule has 1 aliphatic heterocycles. The molecular formula is C22H29N3O4. The molecule has 2 aromatic rings. The lowest BCUT2D eigenvalue weighted by atomic mass is 10.2. The minimum atomic E-state index is -0.245. The Bertz CT molecular complexity index is 766. The predicted octanol–water partition coefficient (Wildman–Crippen LogP) is 2.53. The van der Waals surface area contributed by atoms with Gasteiger partial charge in [0.15, 0.2) is 5.76 Å². The van der Waals surface area contributed by atoms with Crippen molar-refractivity contribution in [1.82, 2.24) is 15.1 Å². The van der Waals surface area contributed by atoms with Gasteiger partial charge in [0.2, 0.25) is 5.91 Å². The van der Waals surface area contributed by atoms with Crippen molar-refractivity contribution >= 4 is 11.8 Å². The first-order valence-corrected chi connectivity index (χ1v) is 10.2. The molecule has 0 spiro atoms. The minimum Gasteiger partial charge on any atom is -0.494 e. The number of piperazine rings is 1. The lowest BCUT2D eigenvalue weighted by molar-refractivity contribution is -0.133. The quantitative estimate of drug-likeness (QED) is 0.656. The van der Waals surface area contributed by atoms with Crippen molar-refractivity contribution in [3.8, 4) is 5.75 Å². The van der Waals surface area contributed by atoms with E-state index in [9.17, 15) is 9.59 Å². The first kappa shape index (κ1) is 20.9. The highest BCUT2D eigenvalue weighted by Crippen LogP contribution is 2.15. The highest BCUT2D eigenvalue weighted by Gasteiger charge is 2.20. The molecule has 0 bridgehead atoms. The molecule has 1 fully saturated rings. The number of nitrogens with one attached hydrogen (secondary N) is 1. The highest BCUT2D eigenvalue weighted by atomic mass is 16.5. The third-order valence-corrected chi connectivity index (χ3v) is 4.96. The maximum Gasteiger partial charge on any atom is 0.286 e. The maximum absolute atomic E-state index is 12.4. The van der Waals surface area contributed by atoms with Crippen LogP contribution < -0.4 is 10.1 Å². The van der Waals surface area contributed by atoms with E-state index in [0.29, 0.717) is 31.8 Å². The van der Waals surface area contributed by atoms with Crippen LogP contribution in [-0.4, -0.2) is 60.9 Å². The van der Waals surface area contributed by atoms with Gasteiger partial charge in [0.1, 0.15) is 5.75 Å². The molecule has 29 heavy (non-hydrogen) atoms. The van der Waals surface area contributed by atoms with Crippen LogP contribution in [0.25, 0.3) is 0 Å². The normalized spacial score (nSPS) is 14.6. The van der Waals surface area contributed by atoms with Gasteiger partial charge in [-0.1, -0.05) is 12.1 Å². The van der Waals surface area contributed by atoms with Crippen LogP contribution in [0.1, 0.15) is 35.9 Å². The van der Waals surface area contributed by atoms with E-state index in [2.05, 4.69) is 22.3 Å². The fraction of sp³-hybridized carbons (Fsp3) is 0.455. The van der Waals surface area contributed by atoms with Crippen molar-refractivity contribution in [2.45, 2.75) is 26.3 Å². The summed E-state index contributed by atoms with van der Waals surface area (Å²) in [6, 6.07) is 11.5. The molecule has 1 aromatic heterocycles. The summed E-state index contributed by atoms with van der Waals surface area (Å²) in [5.41, 5.74) is 1.25. The van der Waals surface area contributed by atoms with Crippen molar-refractivity contribution in [3.05, 3.63) is 54.0 Å². The Morgan fingerprint density at radius 2 is 1.86 bits per heavy atom. The van der Waals surface area contributed by atoms with Crippen LogP contribution in [0.4, 0.5) is 0 Å². The van der Waals surface area contributed by atoms with Gasteiger partial charge in [-0.05, 0) is 43.2 Å². The summed E-state index contributed by atoms with van der Waals surface area (Å²) in [5, 5.41) is 2.77. The van der Waals surface area contributed by atoms with Crippen LogP contribution in [0.5, 0.6) is 5.75 Å². The number of ether oxygens (including phenoxy) is 1. The second kappa shape index (κ2) is 10.7. The molecule has 1 N–H and O–H groups in total. The van der Waals surface area contributed by atoms with Crippen LogP contribution in [0.15, 0.2) is 47.1 Å². The molecule has 0 saturated carbocycles. The zero-order chi connectivity index (χ0) is 20.5. The number of carbonyl (C=O) groups is 2. The van der Waals surface area contributed by atoms with E-state index in [1.165, 1.54) is 11.8 Å². The first-order valence-electron chi connectivity index (χ1n) is 10.2. The van der Waals surface area contributed by atoms with Crippen LogP contribution in [-0.2, 0) is 11.3 Å². The van der Waals surface area contributed by atoms with Gasteiger partial charge in [-0.2, -0.15) is 0 Å². The van der Waals surface area contributed by atoms with Crippen molar-refractivity contribution in [2.24, 2.45) is 0 Å². The topological polar surface area (TPSA) is 75.0 Å². The lowest BCUT2D eigenvalue weighted by Crippen LogP contribution is -2.48. The molecule has 156 valence electrons. The number of furan rings is 1. The van der Waals surface area contributed by atoms with Crippen molar-refractivity contribution in [1.29, 1.82) is 0 Å². The average Bonchev–Trinajstić information content (AvgIpc) is 3.28. The van der Waals surface area contributed by atoms with Crippen molar-refractivity contribution < 1.29 is 18.7 Å². The van der Waals surface area contributed by atoms with Gasteiger partial charge in [-0.15, -0.1) is 0 Å². The third-order valence-electron chi connectivity index (χ3n) is 4.96. The summed E-state index contributed by atoms with van der Waals surface area (Å²) >= 11 is 0. The monoisotopic (exact) mass is 399 g/mol. The summed E-state index contributed by atoms with van der Waals surface area (Å²) in [6.07, 6.45) is 2.53. The average molecular weight is 399 g/mol. The van der Waals surface area contributed by atoms with Gasteiger partial charge in [0, 0.05) is 45.7 Å². The number of hydrogen-bond donors (Lipinski definition) is 1. The standard InChI is InChI=1S/C22H29N3O4/c1-2-28-19-9-7-18(8-10-19)17-24-12-14-25(15-13-24)21(26)6-3-11-23-22(27)20-5-4-16-29-20/h4-5,7-10,16H,2-3,6,11-15,17H2,1H3,(H,23,27). The summed E-state index contributed by atoms with van der Waals surface area (Å²) in [5.74, 6) is 1.09. The number of nitrogens with zero attached hydrogens (tertiary/aromatic N) is 2.